The van der Waals surface area contributed by atoms with Gasteiger partial charge in [0.05, 0.1) is 6.61 Å². The summed E-state index contributed by atoms with van der Waals surface area (Å²) in [5.74, 6) is -1.34. The first-order valence-electron chi connectivity index (χ1n) is 23.3. The van der Waals surface area contributed by atoms with E-state index in [1.165, 1.54) is 96.3 Å². The number of carbonyl (C=O) groups is 2. The summed E-state index contributed by atoms with van der Waals surface area (Å²) in [5.41, 5.74) is 0. The molecule has 1 aliphatic carbocycles. The molecule has 0 aromatic heterocycles. The number of ether oxygens (including phenoxy) is 2. The van der Waals surface area contributed by atoms with Crippen LogP contribution in [0.25, 0.3) is 0 Å². The first kappa shape index (κ1) is 69.3. The Morgan fingerprint density at radius 1 is 0.470 bits per heavy atom. The lowest BCUT2D eigenvalue weighted by Crippen LogP contribution is -2.65. The molecule has 25 heteroatoms. The summed E-state index contributed by atoms with van der Waals surface area (Å²) < 4.78 is 64.3. The molecule has 0 heterocycles. The van der Waals surface area contributed by atoms with Crippen LogP contribution in [0.4, 0.5) is 0 Å². The summed E-state index contributed by atoms with van der Waals surface area (Å²) in [5, 5.41) is 31.6. The minimum Gasteiger partial charge on any atom is -0.756 e. The third-order valence-electron chi connectivity index (χ3n) is 10.9. The molecular weight excluding hydrogens is 931 g/mol. The van der Waals surface area contributed by atoms with Crippen molar-refractivity contribution in [2.75, 3.05) is 13.2 Å². The molecule has 1 fully saturated rings. The fraction of sp³-hybridized carbons (Fsp3) is 0.951. The lowest BCUT2D eigenvalue weighted by atomic mass is 9.85. The molecule has 17 N–H and O–H groups in total. The molecule has 0 aliphatic heterocycles. The molecule has 398 valence electrons. The van der Waals surface area contributed by atoms with E-state index in [-0.39, 0.29) is 31.3 Å². The van der Waals surface area contributed by atoms with Crippen molar-refractivity contribution < 1.29 is 90.6 Å². The Kier molecular flexibility index (Phi) is 41.7. The van der Waals surface area contributed by atoms with Crippen LogP contribution in [0, 0.1) is 0 Å². The Morgan fingerprint density at radius 3 is 1.15 bits per heavy atom. The van der Waals surface area contributed by atoms with Crippen molar-refractivity contribution in [3.05, 3.63) is 0 Å². The highest BCUT2D eigenvalue weighted by atomic mass is 31.2. The van der Waals surface area contributed by atoms with Crippen LogP contribution < -0.4 is 33.1 Å². The van der Waals surface area contributed by atoms with E-state index in [0.717, 1.165) is 57.8 Å². The Labute approximate surface area is 393 Å². The minimum absolute atomic E-state index is 0. The van der Waals surface area contributed by atoms with Gasteiger partial charge in [0.2, 0.25) is 0 Å². The van der Waals surface area contributed by atoms with Gasteiger partial charge in [0.25, 0.3) is 23.5 Å². The third-order valence-corrected chi connectivity index (χ3v) is 12.9. The monoisotopic (exact) mass is 1020 g/mol. The number of hydrogen-bond donors (Lipinski definition) is 8. The third kappa shape index (κ3) is 35.2. The minimum atomic E-state index is -5.88. The molecule has 1 aliphatic rings. The average Bonchev–Trinajstić information content (AvgIpc) is 3.20. The van der Waals surface area contributed by atoms with E-state index in [4.69, 9.17) is 23.4 Å². The maximum atomic E-state index is 12.9. The van der Waals surface area contributed by atoms with Crippen LogP contribution in [-0.4, -0.2) is 93.0 Å². The smallest absolute Gasteiger partial charge is 0.306 e. The quantitative estimate of drug-likeness (QED) is 0.0171. The molecule has 0 aromatic rings. The number of aliphatic hydroxyl groups is 3. The zero-order valence-corrected chi connectivity index (χ0v) is 43.2. The zero-order valence-electron chi connectivity index (χ0n) is 40.5. The van der Waals surface area contributed by atoms with Gasteiger partial charge in [0.1, 0.15) is 43.2 Å². The largest absolute Gasteiger partial charge is 0.756 e. The molecule has 1 rings (SSSR count). The van der Waals surface area contributed by atoms with Crippen LogP contribution in [-0.2, 0) is 50.9 Å². The highest BCUT2D eigenvalue weighted by Gasteiger charge is 2.54. The van der Waals surface area contributed by atoms with Gasteiger partial charge < -0.3 is 85.8 Å². The molecule has 10 atom stereocenters. The van der Waals surface area contributed by atoms with Crippen LogP contribution in [0.3, 0.4) is 0 Å². The summed E-state index contributed by atoms with van der Waals surface area (Å²) >= 11 is 0. The van der Waals surface area contributed by atoms with Crippen LogP contribution in [0.5, 0.6) is 0 Å². The van der Waals surface area contributed by atoms with Crippen LogP contribution in [0.2, 0.25) is 0 Å². The van der Waals surface area contributed by atoms with Crippen LogP contribution in [0.15, 0.2) is 0 Å². The van der Waals surface area contributed by atoms with Crippen molar-refractivity contribution in [3.63, 3.8) is 0 Å². The number of unbranched alkanes of at least 4 members (excludes halogenated alkanes) is 24. The Bertz CT molecular complexity index is 1360. The fourth-order valence-corrected chi connectivity index (χ4v) is 9.45. The number of esters is 2. The van der Waals surface area contributed by atoms with E-state index in [1.54, 1.807) is 0 Å². The molecule has 22 nitrogen and oxygen atoms in total. The van der Waals surface area contributed by atoms with Crippen molar-refractivity contribution in [3.8, 4) is 0 Å². The summed E-state index contributed by atoms with van der Waals surface area (Å²) in [7, 11) is -17.4. The molecule has 0 spiro atoms. The second-order valence-corrected chi connectivity index (χ2v) is 20.3. The first-order chi connectivity index (χ1) is 29.8. The van der Waals surface area contributed by atoms with Crippen molar-refractivity contribution in [2.24, 2.45) is 0 Å². The van der Waals surface area contributed by atoms with Crippen molar-refractivity contribution in [1.82, 2.24) is 18.5 Å². The molecule has 0 radical (unpaired) electrons. The Balaban J connectivity index is -0.0000132. The molecule has 1 saturated carbocycles. The fourth-order valence-electron chi connectivity index (χ4n) is 7.39. The highest BCUT2D eigenvalue weighted by molar-refractivity contribution is 7.46. The number of quaternary nitrogens is 3. The van der Waals surface area contributed by atoms with Gasteiger partial charge >= 0.3 is 11.9 Å². The van der Waals surface area contributed by atoms with Crippen molar-refractivity contribution in [1.29, 1.82) is 0 Å². The van der Waals surface area contributed by atoms with Gasteiger partial charge in [-0.05, 0) is 12.8 Å². The number of carbonyl (C=O) groups excluding carboxylic acids is 2. The second-order valence-electron chi connectivity index (χ2n) is 16.6. The van der Waals surface area contributed by atoms with Gasteiger partial charge in [-0.2, -0.15) is 0 Å². The van der Waals surface area contributed by atoms with Crippen LogP contribution in [0.1, 0.15) is 194 Å². The van der Waals surface area contributed by atoms with Gasteiger partial charge in [-0.25, -0.2) is 0 Å². The molecule has 0 saturated heterocycles. The predicted molar refractivity (Wildman–Crippen MR) is 245 cm³/mol. The molecule has 66 heavy (non-hydrogen) atoms. The number of rotatable bonds is 40. The van der Waals surface area contributed by atoms with E-state index in [9.17, 15) is 58.2 Å². The zero-order chi connectivity index (χ0) is 47.2. The molecular formula is C41H90N3O19P3. The number of phosphoric ester groups is 3. The van der Waals surface area contributed by atoms with Crippen molar-refractivity contribution >= 4 is 35.4 Å². The second kappa shape index (κ2) is 39.7. The normalized spacial score (nSPS) is 22.6. The SMILES string of the molecule is CCCCCCCCCCCCCCCC(=O)OCC(COP(=O)([O-])O[C@@H]1[C@H](O)[C@H](O)[C@@H](OP(=O)([O-])O)[C@H](OP(=O)([O-])O)[C@H]1O)OC(=O)CCCCCCCCCCCCCCC.[NH4+].[NH4+].[NH4+]. The highest BCUT2D eigenvalue weighted by Crippen LogP contribution is 2.48. The van der Waals surface area contributed by atoms with Crippen LogP contribution >= 0.6 is 23.5 Å². The maximum Gasteiger partial charge on any atom is 0.306 e. The summed E-state index contributed by atoms with van der Waals surface area (Å²) in [4.78, 5) is 79.4. The van der Waals surface area contributed by atoms with E-state index in [1.807, 2.05) is 0 Å². The number of phosphoric acid groups is 3. The van der Waals surface area contributed by atoms with E-state index >= 15 is 0 Å². The Morgan fingerprint density at radius 2 is 0.788 bits per heavy atom. The lowest BCUT2D eigenvalue weighted by Gasteiger charge is -2.47. The van der Waals surface area contributed by atoms with Gasteiger partial charge in [-0.3, -0.25) is 23.3 Å². The molecule has 0 bridgehead atoms. The van der Waals surface area contributed by atoms with Gasteiger partial charge in [-0.1, -0.05) is 168 Å². The average molecular weight is 1020 g/mol. The molecule has 0 aromatic carbocycles. The molecule has 4 unspecified atom stereocenters. The summed E-state index contributed by atoms with van der Waals surface area (Å²) in [6.07, 6.45) is 11.7. The number of hydrogen-bond acceptors (Lipinski definition) is 17. The lowest BCUT2D eigenvalue weighted by molar-refractivity contribution is -0.280. The first-order valence-corrected chi connectivity index (χ1v) is 27.7. The standard InChI is InChI=1S/C41H81O19P3.3H3N/c1-3-5-7-9-11-13-15-17-19-21-23-25-27-29-34(42)55-31-33(57-35(43)30-28-26-24-22-20-18-16-14-12-10-8-6-4-2)32-56-63(53,54)60-39-36(44)37(45)40(58-61(47,48)49)41(38(39)46)59-62(50,51)52;;;/h33,36-41,44-46H,3-32H2,1-2H3,(H,53,54)(H2,47,48,49)(H2,50,51,52);3*1H3/t33?,36-,37+,38+,39-,40-,41-;;;/m1.../s1. The van der Waals surface area contributed by atoms with Crippen molar-refractivity contribution in [2.45, 2.75) is 236 Å². The molecule has 0 amide bonds. The topological polar surface area (TPSA) is 421 Å². The van der Waals surface area contributed by atoms with E-state index < -0.39 is 91.3 Å². The van der Waals surface area contributed by atoms with E-state index in [2.05, 4.69) is 22.9 Å². The van der Waals surface area contributed by atoms with Gasteiger partial charge in [0.15, 0.2) is 6.10 Å². The summed E-state index contributed by atoms with van der Waals surface area (Å²) in [6, 6.07) is 0. The maximum absolute atomic E-state index is 12.9. The predicted octanol–water partition coefficient (Wildman–Crippen LogP) is 7.19. The number of aliphatic hydroxyl groups excluding tert-OH is 3. The van der Waals surface area contributed by atoms with E-state index in [0.29, 0.717) is 12.8 Å². The van der Waals surface area contributed by atoms with Gasteiger partial charge in [0, 0.05) is 12.8 Å². The van der Waals surface area contributed by atoms with Gasteiger partial charge in [-0.15, -0.1) is 0 Å². The Hall–Kier alpha value is -0.970. The summed E-state index contributed by atoms with van der Waals surface area (Å²) in [6.45, 7) is 2.81.